The highest BCUT2D eigenvalue weighted by atomic mass is 32.2. The van der Waals surface area contributed by atoms with E-state index in [0.29, 0.717) is 10.7 Å². The molecule has 7 heteroatoms. The molecule has 2 aromatic heterocycles. The van der Waals surface area contributed by atoms with Crippen molar-refractivity contribution in [1.82, 2.24) is 15.0 Å². The van der Waals surface area contributed by atoms with Gasteiger partial charge in [-0.15, -0.1) is 0 Å². The summed E-state index contributed by atoms with van der Waals surface area (Å²) in [7, 11) is 0. The monoisotopic (exact) mass is 275 g/mol. The van der Waals surface area contributed by atoms with Gasteiger partial charge in [0.1, 0.15) is 0 Å². The van der Waals surface area contributed by atoms with Crippen LogP contribution in [0.2, 0.25) is 0 Å². The predicted octanol–water partition coefficient (Wildman–Crippen LogP) is 1.81. The number of aromatic amines is 2. The number of aromatic nitrogens is 3. The van der Waals surface area contributed by atoms with E-state index in [0.717, 1.165) is 10.3 Å². The topological polar surface area (TPSA) is 102 Å². The molecule has 0 aliphatic carbocycles. The van der Waals surface area contributed by atoms with E-state index in [2.05, 4.69) is 15.0 Å². The van der Waals surface area contributed by atoms with E-state index in [1.807, 2.05) is 0 Å². The number of hydrogen-bond donors (Lipinski definition) is 4. The first-order chi connectivity index (χ1) is 9.13. The van der Waals surface area contributed by atoms with Gasteiger partial charge >= 0.3 is 0 Å². The van der Waals surface area contributed by atoms with Gasteiger partial charge in [0.2, 0.25) is 0 Å². The molecular formula is C12H9N3O3S. The van der Waals surface area contributed by atoms with Crippen LogP contribution in [0.25, 0.3) is 10.9 Å². The van der Waals surface area contributed by atoms with Gasteiger partial charge in [-0.1, -0.05) is 0 Å². The maximum atomic E-state index is 11.2. The van der Waals surface area contributed by atoms with Gasteiger partial charge in [-0.25, -0.2) is 4.98 Å². The van der Waals surface area contributed by atoms with Crippen molar-refractivity contribution in [2.75, 3.05) is 0 Å². The minimum Gasteiger partial charge on any atom is -0.504 e. The summed E-state index contributed by atoms with van der Waals surface area (Å²) in [5, 5.41) is 20.1. The zero-order valence-electron chi connectivity index (χ0n) is 9.54. The van der Waals surface area contributed by atoms with E-state index in [4.69, 9.17) is 0 Å². The van der Waals surface area contributed by atoms with Gasteiger partial charge in [-0.05, 0) is 17.8 Å². The van der Waals surface area contributed by atoms with E-state index < -0.39 is 0 Å². The lowest BCUT2D eigenvalue weighted by atomic mass is 10.2. The highest BCUT2D eigenvalue weighted by Gasteiger charge is 2.10. The second-order valence-electron chi connectivity index (χ2n) is 3.88. The molecule has 0 saturated heterocycles. The summed E-state index contributed by atoms with van der Waals surface area (Å²) in [5.41, 5.74) is 0.467. The minimum absolute atomic E-state index is 0.183. The zero-order chi connectivity index (χ0) is 13.4. The van der Waals surface area contributed by atoms with E-state index >= 15 is 0 Å². The van der Waals surface area contributed by atoms with Gasteiger partial charge in [0.15, 0.2) is 16.7 Å². The Labute approximate surface area is 111 Å². The van der Waals surface area contributed by atoms with Crippen LogP contribution in [-0.2, 0) is 0 Å². The summed E-state index contributed by atoms with van der Waals surface area (Å²) in [6.45, 7) is 0. The fourth-order valence-corrected chi connectivity index (χ4v) is 2.58. The Kier molecular flexibility index (Phi) is 2.68. The molecule has 1 aromatic carbocycles. The Morgan fingerprint density at radius 3 is 2.79 bits per heavy atom. The van der Waals surface area contributed by atoms with Crippen molar-refractivity contribution in [1.29, 1.82) is 0 Å². The molecule has 0 unspecified atom stereocenters. The molecule has 0 aliphatic rings. The molecule has 4 N–H and O–H groups in total. The smallest absolute Gasteiger partial charge is 0.251 e. The number of rotatable bonds is 2. The molecule has 0 bridgehead atoms. The number of nitrogens with zero attached hydrogens (tertiary/aromatic N) is 1. The number of phenols is 2. The molecular weight excluding hydrogens is 266 g/mol. The van der Waals surface area contributed by atoms with Crippen LogP contribution in [0.15, 0.2) is 45.4 Å². The molecule has 0 atom stereocenters. The van der Waals surface area contributed by atoms with Crippen LogP contribution in [0.1, 0.15) is 0 Å². The number of aromatic hydroxyl groups is 2. The van der Waals surface area contributed by atoms with Crippen molar-refractivity contribution in [3.8, 4) is 11.5 Å². The average molecular weight is 275 g/mol. The van der Waals surface area contributed by atoms with Gasteiger partial charge in [0.05, 0.1) is 5.52 Å². The number of benzene rings is 1. The number of H-pyrrole nitrogens is 2. The quantitative estimate of drug-likeness (QED) is 0.422. The van der Waals surface area contributed by atoms with E-state index in [-0.39, 0.29) is 17.1 Å². The van der Waals surface area contributed by atoms with Gasteiger partial charge in [0.25, 0.3) is 5.56 Å². The molecule has 19 heavy (non-hydrogen) atoms. The van der Waals surface area contributed by atoms with Crippen LogP contribution in [0.4, 0.5) is 0 Å². The number of fused-ring (bicyclic) bond motifs is 1. The summed E-state index contributed by atoms with van der Waals surface area (Å²) in [6.07, 6.45) is 3.15. The lowest BCUT2D eigenvalue weighted by Gasteiger charge is -2.00. The highest BCUT2D eigenvalue weighted by Crippen LogP contribution is 2.36. The standard InChI is InChI=1S/C12H9N3O3S/c16-8-3-6-7(4-9(8)17)14-5-10(6)19-12-13-2-1-11(18)15-12/h1-5,14,16-17H,(H,13,15,18). The molecule has 96 valence electrons. The SMILES string of the molecule is O=c1ccnc(Sc2c[nH]c3cc(O)c(O)cc23)[nH]1. The van der Waals surface area contributed by atoms with Crippen molar-refractivity contribution >= 4 is 22.7 Å². The number of hydrogen-bond acceptors (Lipinski definition) is 5. The first kappa shape index (κ1) is 11.7. The predicted molar refractivity (Wildman–Crippen MR) is 70.6 cm³/mol. The van der Waals surface area contributed by atoms with Gasteiger partial charge in [-0.3, -0.25) is 4.79 Å². The van der Waals surface area contributed by atoms with Crippen LogP contribution in [-0.4, -0.2) is 25.2 Å². The van der Waals surface area contributed by atoms with Crippen LogP contribution in [0.5, 0.6) is 11.5 Å². The maximum Gasteiger partial charge on any atom is 0.251 e. The van der Waals surface area contributed by atoms with Crippen LogP contribution >= 0.6 is 11.8 Å². The van der Waals surface area contributed by atoms with Crippen molar-refractivity contribution in [3.05, 3.63) is 40.9 Å². The molecule has 0 radical (unpaired) electrons. The van der Waals surface area contributed by atoms with Crippen molar-refractivity contribution in [2.24, 2.45) is 0 Å². The summed E-state index contributed by atoms with van der Waals surface area (Å²) in [4.78, 5) is 21.6. The van der Waals surface area contributed by atoms with E-state index in [9.17, 15) is 15.0 Å². The molecule has 3 rings (SSSR count). The van der Waals surface area contributed by atoms with Gasteiger partial charge < -0.3 is 20.2 Å². The summed E-state index contributed by atoms with van der Waals surface area (Å²) in [5.74, 6) is -0.374. The molecule has 0 spiro atoms. The summed E-state index contributed by atoms with van der Waals surface area (Å²) < 4.78 is 0. The Morgan fingerprint density at radius 2 is 2.00 bits per heavy atom. The maximum absolute atomic E-state index is 11.2. The Balaban J connectivity index is 2.06. The normalized spacial score (nSPS) is 10.9. The fourth-order valence-electron chi connectivity index (χ4n) is 1.71. The van der Waals surface area contributed by atoms with Crippen molar-refractivity contribution in [2.45, 2.75) is 10.1 Å². The fraction of sp³-hybridized carbons (Fsp3) is 0. The highest BCUT2D eigenvalue weighted by molar-refractivity contribution is 7.99. The third-order valence-electron chi connectivity index (χ3n) is 2.59. The summed E-state index contributed by atoms with van der Waals surface area (Å²) in [6, 6.07) is 4.24. The molecule has 3 aromatic rings. The Bertz CT molecular complexity index is 809. The van der Waals surface area contributed by atoms with Crippen LogP contribution < -0.4 is 5.56 Å². The third kappa shape index (κ3) is 2.15. The molecule has 2 heterocycles. The second-order valence-corrected chi connectivity index (χ2v) is 4.91. The van der Waals surface area contributed by atoms with Gasteiger partial charge in [-0.2, -0.15) is 0 Å². The minimum atomic E-state index is -0.224. The number of nitrogens with one attached hydrogen (secondary N) is 2. The summed E-state index contributed by atoms with van der Waals surface area (Å²) >= 11 is 1.26. The Hall–Kier alpha value is -2.41. The van der Waals surface area contributed by atoms with Crippen molar-refractivity contribution in [3.63, 3.8) is 0 Å². The van der Waals surface area contributed by atoms with Gasteiger partial charge in [0, 0.05) is 34.8 Å². The molecule has 6 nitrogen and oxygen atoms in total. The largest absolute Gasteiger partial charge is 0.504 e. The lowest BCUT2D eigenvalue weighted by molar-refractivity contribution is 0.405. The average Bonchev–Trinajstić information content (AvgIpc) is 2.73. The lowest BCUT2D eigenvalue weighted by Crippen LogP contribution is -2.04. The first-order valence-corrected chi connectivity index (χ1v) is 6.21. The molecule has 0 fully saturated rings. The number of phenolic OH excluding ortho intramolecular Hbond substituents is 2. The molecule has 0 amide bonds. The first-order valence-electron chi connectivity index (χ1n) is 5.40. The van der Waals surface area contributed by atoms with E-state index in [1.54, 1.807) is 6.20 Å². The van der Waals surface area contributed by atoms with E-state index in [1.165, 1.54) is 36.2 Å². The van der Waals surface area contributed by atoms with Crippen molar-refractivity contribution < 1.29 is 10.2 Å². The zero-order valence-corrected chi connectivity index (χ0v) is 10.4. The third-order valence-corrected chi connectivity index (χ3v) is 3.55. The van der Waals surface area contributed by atoms with Crippen LogP contribution in [0, 0.1) is 0 Å². The molecule has 0 saturated carbocycles. The second kappa shape index (κ2) is 4.36. The molecule has 0 aliphatic heterocycles. The van der Waals surface area contributed by atoms with Crippen LogP contribution in [0.3, 0.4) is 0 Å². The Morgan fingerprint density at radius 1 is 1.21 bits per heavy atom.